The Balaban J connectivity index is 1.48. The number of carbonyl (C=O) groups is 1. The molecule has 1 saturated carbocycles. The Morgan fingerprint density at radius 3 is 2.50 bits per heavy atom. The smallest absolute Gasteiger partial charge is 0.322 e. The van der Waals surface area contributed by atoms with Gasteiger partial charge in [0.15, 0.2) is 11.2 Å². The third-order valence-corrected chi connectivity index (χ3v) is 7.58. The van der Waals surface area contributed by atoms with E-state index >= 15 is 0 Å². The van der Waals surface area contributed by atoms with Crippen LogP contribution in [-0.4, -0.2) is 46.2 Å². The van der Waals surface area contributed by atoms with Crippen LogP contribution in [0.5, 0.6) is 0 Å². The third kappa shape index (κ3) is 2.37. The molecule has 144 valence electrons. The van der Waals surface area contributed by atoms with Crippen LogP contribution in [0.1, 0.15) is 71.5 Å². The maximum Gasteiger partial charge on any atom is 0.322 e. The summed E-state index contributed by atoms with van der Waals surface area (Å²) in [5, 5.41) is 4.24. The highest BCUT2D eigenvalue weighted by atomic mass is 16.6. The molecule has 2 saturated heterocycles. The van der Waals surface area contributed by atoms with E-state index in [1.807, 2.05) is 6.92 Å². The van der Waals surface area contributed by atoms with Crippen molar-refractivity contribution in [2.24, 2.45) is 11.3 Å². The molecule has 3 fully saturated rings. The van der Waals surface area contributed by atoms with Crippen molar-refractivity contribution in [3.05, 3.63) is 11.7 Å². The van der Waals surface area contributed by atoms with Crippen molar-refractivity contribution < 1.29 is 14.1 Å². The van der Waals surface area contributed by atoms with Gasteiger partial charge in [-0.1, -0.05) is 25.9 Å². The van der Waals surface area contributed by atoms with Gasteiger partial charge in [-0.3, -0.25) is 4.79 Å². The minimum absolute atomic E-state index is 0.195. The lowest BCUT2D eigenvalue weighted by Gasteiger charge is -2.33. The molecular formula is C20H31N3O3. The summed E-state index contributed by atoms with van der Waals surface area (Å²) in [5.41, 5.74) is -1.56. The Hall–Kier alpha value is -1.43. The van der Waals surface area contributed by atoms with Crippen LogP contribution in [0.25, 0.3) is 0 Å². The van der Waals surface area contributed by atoms with E-state index in [-0.39, 0.29) is 11.4 Å². The topological polar surface area (TPSA) is 68.5 Å². The highest BCUT2D eigenvalue weighted by molar-refractivity contribution is 5.87. The fourth-order valence-corrected chi connectivity index (χ4v) is 5.29. The molecule has 0 N–H and O–H groups in total. The quantitative estimate of drug-likeness (QED) is 0.751. The molecule has 0 spiro atoms. The highest BCUT2D eigenvalue weighted by Crippen LogP contribution is 2.65. The van der Waals surface area contributed by atoms with Gasteiger partial charge in [-0.05, 0) is 64.6 Å². The average molecular weight is 361 g/mol. The SMILES string of the molecule is CCCN1CCC(Cc2noc([C@@]34CC[C@@](C)(OC3=O)C4(C)C)n2)CC1. The Morgan fingerprint density at radius 1 is 1.19 bits per heavy atom. The van der Waals surface area contributed by atoms with Crippen LogP contribution in [0, 0.1) is 11.3 Å². The van der Waals surface area contributed by atoms with Crippen LogP contribution in [0.15, 0.2) is 4.52 Å². The second-order valence-electron chi connectivity index (χ2n) is 9.16. The summed E-state index contributed by atoms with van der Waals surface area (Å²) in [6.07, 6.45) is 5.99. The lowest BCUT2D eigenvalue weighted by molar-refractivity contribution is -0.156. The normalized spacial score (nSPS) is 34.4. The molecule has 0 unspecified atom stereocenters. The molecule has 2 bridgehead atoms. The van der Waals surface area contributed by atoms with E-state index in [0.29, 0.717) is 11.8 Å². The molecule has 3 aliphatic rings. The molecule has 1 aliphatic carbocycles. The minimum atomic E-state index is -0.780. The van der Waals surface area contributed by atoms with Crippen LogP contribution in [0.2, 0.25) is 0 Å². The summed E-state index contributed by atoms with van der Waals surface area (Å²) < 4.78 is 11.4. The number of ether oxygens (including phenoxy) is 1. The highest BCUT2D eigenvalue weighted by Gasteiger charge is 2.76. The maximum atomic E-state index is 12.7. The number of hydrogen-bond acceptors (Lipinski definition) is 6. The number of piperidine rings is 1. The molecule has 1 aromatic heterocycles. The predicted molar refractivity (Wildman–Crippen MR) is 96.6 cm³/mol. The fraction of sp³-hybridized carbons (Fsp3) is 0.850. The number of esters is 1. The minimum Gasteiger partial charge on any atom is -0.458 e. The van der Waals surface area contributed by atoms with E-state index in [4.69, 9.17) is 14.2 Å². The monoisotopic (exact) mass is 361 g/mol. The number of likely N-dealkylation sites (tertiary alicyclic amines) is 1. The van der Waals surface area contributed by atoms with Gasteiger partial charge in [0.25, 0.3) is 0 Å². The largest absolute Gasteiger partial charge is 0.458 e. The predicted octanol–water partition coefficient (Wildman–Crippen LogP) is 3.11. The average Bonchev–Trinajstić information content (AvgIpc) is 3.17. The summed E-state index contributed by atoms with van der Waals surface area (Å²) in [4.78, 5) is 20.0. The van der Waals surface area contributed by atoms with Crippen LogP contribution < -0.4 is 0 Å². The van der Waals surface area contributed by atoms with Crippen molar-refractivity contribution in [1.29, 1.82) is 0 Å². The van der Waals surface area contributed by atoms with Gasteiger partial charge in [0.05, 0.1) is 0 Å². The van der Waals surface area contributed by atoms with Gasteiger partial charge in [-0.2, -0.15) is 4.98 Å². The molecule has 6 nitrogen and oxygen atoms in total. The first-order chi connectivity index (χ1) is 12.3. The summed E-state index contributed by atoms with van der Waals surface area (Å²) in [6, 6.07) is 0. The second kappa shape index (κ2) is 6.04. The summed E-state index contributed by atoms with van der Waals surface area (Å²) in [6.45, 7) is 12.0. The molecule has 4 rings (SSSR count). The zero-order chi connectivity index (χ0) is 18.6. The Morgan fingerprint density at radius 2 is 1.92 bits per heavy atom. The number of fused-ring (bicyclic) bond motifs is 2. The van der Waals surface area contributed by atoms with Crippen molar-refractivity contribution in [3.63, 3.8) is 0 Å². The van der Waals surface area contributed by atoms with Gasteiger partial charge in [0, 0.05) is 11.8 Å². The standard InChI is InChI=1S/C20H31N3O3/c1-5-10-23-11-6-14(7-12-23)13-15-21-16(26-22-15)20-9-8-19(4,18(20,2)3)25-17(20)24/h14H,5-13H2,1-4H3/t19-,20+/m1/s1. The number of hydrogen-bond donors (Lipinski definition) is 0. The fourth-order valence-electron chi connectivity index (χ4n) is 5.29. The van der Waals surface area contributed by atoms with Gasteiger partial charge in [-0.25, -0.2) is 0 Å². The van der Waals surface area contributed by atoms with E-state index in [1.54, 1.807) is 0 Å². The molecule has 0 aromatic carbocycles. The van der Waals surface area contributed by atoms with Crippen LogP contribution >= 0.6 is 0 Å². The molecule has 3 heterocycles. The Labute approximate surface area is 155 Å². The zero-order valence-electron chi connectivity index (χ0n) is 16.5. The van der Waals surface area contributed by atoms with Crippen molar-refractivity contribution in [1.82, 2.24) is 15.0 Å². The molecular weight excluding hydrogens is 330 g/mol. The first-order valence-corrected chi connectivity index (χ1v) is 10.1. The molecule has 26 heavy (non-hydrogen) atoms. The Bertz CT molecular complexity index is 692. The summed E-state index contributed by atoms with van der Waals surface area (Å²) in [7, 11) is 0. The van der Waals surface area contributed by atoms with E-state index in [0.717, 1.165) is 38.2 Å². The van der Waals surface area contributed by atoms with Crippen molar-refractivity contribution in [3.8, 4) is 0 Å². The van der Waals surface area contributed by atoms with Crippen LogP contribution in [0.4, 0.5) is 0 Å². The molecule has 6 heteroatoms. The number of aromatic nitrogens is 2. The lowest BCUT2D eigenvalue weighted by Crippen LogP contribution is -2.43. The van der Waals surface area contributed by atoms with E-state index in [2.05, 4.69) is 30.8 Å². The maximum absolute atomic E-state index is 12.7. The van der Waals surface area contributed by atoms with Gasteiger partial charge in [0.2, 0.25) is 5.89 Å². The summed E-state index contributed by atoms with van der Waals surface area (Å²) in [5.74, 6) is 1.61. The van der Waals surface area contributed by atoms with E-state index in [9.17, 15) is 4.79 Å². The third-order valence-electron chi connectivity index (χ3n) is 7.58. The first kappa shape index (κ1) is 18.0. The number of nitrogens with zero attached hydrogens (tertiary/aromatic N) is 3. The number of carbonyl (C=O) groups excluding carboxylic acids is 1. The van der Waals surface area contributed by atoms with Gasteiger partial charge < -0.3 is 14.2 Å². The molecule has 1 aromatic rings. The van der Waals surface area contributed by atoms with Gasteiger partial charge in [-0.15, -0.1) is 0 Å². The molecule has 2 atom stereocenters. The van der Waals surface area contributed by atoms with E-state index < -0.39 is 11.0 Å². The van der Waals surface area contributed by atoms with Crippen molar-refractivity contribution in [2.45, 2.75) is 77.2 Å². The first-order valence-electron chi connectivity index (χ1n) is 10.1. The van der Waals surface area contributed by atoms with Crippen molar-refractivity contribution in [2.75, 3.05) is 19.6 Å². The van der Waals surface area contributed by atoms with Gasteiger partial charge >= 0.3 is 5.97 Å². The van der Waals surface area contributed by atoms with Crippen LogP contribution in [0.3, 0.4) is 0 Å². The van der Waals surface area contributed by atoms with E-state index in [1.165, 1.54) is 25.8 Å². The molecule has 2 aliphatic heterocycles. The van der Waals surface area contributed by atoms with Gasteiger partial charge in [0.1, 0.15) is 5.60 Å². The molecule has 0 amide bonds. The zero-order valence-corrected chi connectivity index (χ0v) is 16.5. The lowest BCUT2D eigenvalue weighted by atomic mass is 9.65. The van der Waals surface area contributed by atoms with Crippen LogP contribution in [-0.2, 0) is 21.4 Å². The number of rotatable bonds is 5. The Kier molecular flexibility index (Phi) is 4.17. The second-order valence-corrected chi connectivity index (χ2v) is 9.16. The molecule has 0 radical (unpaired) electrons. The van der Waals surface area contributed by atoms with Crippen molar-refractivity contribution >= 4 is 5.97 Å². The summed E-state index contributed by atoms with van der Waals surface area (Å²) >= 11 is 0.